The minimum absolute atomic E-state index is 0.839. The Morgan fingerprint density at radius 1 is 0.833 bits per heavy atom. The Kier molecular flexibility index (Phi) is 10.2. The maximum Gasteiger partial charge on any atom is 0.139 e. The summed E-state index contributed by atoms with van der Waals surface area (Å²) in [6.07, 6.45) is 20.2. The highest BCUT2D eigenvalue weighted by Gasteiger charge is 2.20. The molecular weight excluding hydrogens is 462 g/mol. The Morgan fingerprint density at radius 2 is 1.50 bits per heavy atom. The molecule has 0 aliphatic heterocycles. The first-order chi connectivity index (χ1) is 17.6. The number of halogens is 1. The van der Waals surface area contributed by atoms with Crippen LogP contribution in [0.3, 0.4) is 0 Å². The van der Waals surface area contributed by atoms with Gasteiger partial charge in [-0.15, -0.1) is 0 Å². The number of fused-ring (bicyclic) bond motifs is 1. The van der Waals surface area contributed by atoms with Crippen molar-refractivity contribution in [1.82, 2.24) is 9.97 Å². The van der Waals surface area contributed by atoms with Crippen LogP contribution in [0, 0.1) is 11.8 Å². The zero-order valence-corrected chi connectivity index (χ0v) is 22.9. The average Bonchev–Trinajstić information content (AvgIpc) is 2.90. The summed E-state index contributed by atoms with van der Waals surface area (Å²) < 4.78 is 0. The van der Waals surface area contributed by atoms with Crippen LogP contribution < -0.4 is 4.90 Å². The molecule has 0 atom stereocenters. The average molecular weight is 504 g/mol. The number of rotatable bonds is 12. The van der Waals surface area contributed by atoms with Gasteiger partial charge in [-0.3, -0.25) is 0 Å². The summed E-state index contributed by atoms with van der Waals surface area (Å²) >= 11 is 6.22. The topological polar surface area (TPSA) is 29.0 Å². The largest absolute Gasteiger partial charge is 0.362 e. The summed E-state index contributed by atoms with van der Waals surface area (Å²) in [6.45, 7) is 0. The number of para-hydroxylation sites is 1. The lowest BCUT2D eigenvalue weighted by molar-refractivity contribution is 0.245. The zero-order chi connectivity index (χ0) is 25.2. The normalized spacial score (nSPS) is 18.2. The van der Waals surface area contributed by atoms with E-state index in [1.165, 1.54) is 64.2 Å². The Morgan fingerprint density at radius 3 is 2.22 bits per heavy atom. The van der Waals surface area contributed by atoms with Crippen LogP contribution in [0.2, 0.25) is 5.02 Å². The molecule has 192 valence electrons. The van der Waals surface area contributed by atoms with Crippen molar-refractivity contribution < 1.29 is 0 Å². The van der Waals surface area contributed by atoms with Crippen molar-refractivity contribution in [2.45, 2.75) is 77.0 Å². The standard InChI is InChI=1S/C32H42ClN3/c1-36(2)32-28-17-9-11-19-30(28)34-31(35-32)20-12-7-14-26-23-21-25(22-24-26)13-5-3-4-6-15-27-16-8-10-18-29(27)33/h6,8-11,15-19,25-26H,3-5,7,12-14,20-24H2,1-2H3/b15-6+. The first-order valence-corrected chi connectivity index (χ1v) is 14.3. The van der Waals surface area contributed by atoms with Gasteiger partial charge in [0.1, 0.15) is 11.6 Å². The van der Waals surface area contributed by atoms with Crippen molar-refractivity contribution in [2.75, 3.05) is 19.0 Å². The van der Waals surface area contributed by atoms with Gasteiger partial charge < -0.3 is 4.90 Å². The number of hydrogen-bond acceptors (Lipinski definition) is 3. The quantitative estimate of drug-likeness (QED) is 0.231. The molecule has 1 aromatic heterocycles. The van der Waals surface area contributed by atoms with Gasteiger partial charge in [0.05, 0.1) is 5.52 Å². The fourth-order valence-electron chi connectivity index (χ4n) is 5.60. The van der Waals surface area contributed by atoms with E-state index in [1.54, 1.807) is 0 Å². The first kappa shape index (κ1) is 26.7. The van der Waals surface area contributed by atoms with Gasteiger partial charge in [0.15, 0.2) is 0 Å². The van der Waals surface area contributed by atoms with E-state index in [1.807, 2.05) is 18.2 Å². The van der Waals surface area contributed by atoms with Gasteiger partial charge in [-0.25, -0.2) is 9.97 Å². The number of benzene rings is 2. The number of aromatic nitrogens is 2. The molecule has 4 heteroatoms. The second-order valence-electron chi connectivity index (χ2n) is 10.7. The van der Waals surface area contributed by atoms with Crippen LogP contribution in [-0.2, 0) is 6.42 Å². The third kappa shape index (κ3) is 7.80. The van der Waals surface area contributed by atoms with Gasteiger partial charge in [0.25, 0.3) is 0 Å². The van der Waals surface area contributed by atoms with E-state index in [4.69, 9.17) is 21.6 Å². The number of hydrogen-bond donors (Lipinski definition) is 0. The molecule has 2 aromatic carbocycles. The lowest BCUT2D eigenvalue weighted by Crippen LogP contribution is -2.15. The summed E-state index contributed by atoms with van der Waals surface area (Å²) in [7, 11) is 4.13. The number of anilines is 1. The highest BCUT2D eigenvalue weighted by molar-refractivity contribution is 6.32. The van der Waals surface area contributed by atoms with Gasteiger partial charge in [-0.05, 0) is 54.9 Å². The van der Waals surface area contributed by atoms with Crippen LogP contribution in [0.15, 0.2) is 54.6 Å². The molecule has 36 heavy (non-hydrogen) atoms. The van der Waals surface area contributed by atoms with Gasteiger partial charge in [-0.2, -0.15) is 0 Å². The van der Waals surface area contributed by atoms with E-state index >= 15 is 0 Å². The monoisotopic (exact) mass is 503 g/mol. The highest BCUT2D eigenvalue weighted by atomic mass is 35.5. The molecule has 1 heterocycles. The molecule has 4 rings (SSSR count). The fourth-order valence-corrected chi connectivity index (χ4v) is 5.80. The van der Waals surface area contributed by atoms with Crippen molar-refractivity contribution in [2.24, 2.45) is 11.8 Å². The van der Waals surface area contributed by atoms with Crippen LogP contribution in [0.4, 0.5) is 5.82 Å². The molecule has 1 saturated carbocycles. The number of allylic oxidation sites excluding steroid dienone is 1. The predicted octanol–water partition coefficient (Wildman–Crippen LogP) is 9.14. The molecule has 0 amide bonds. The molecule has 1 aliphatic rings. The molecule has 0 N–H and O–H groups in total. The lowest BCUT2D eigenvalue weighted by Gasteiger charge is -2.28. The Hall–Kier alpha value is -2.39. The van der Waals surface area contributed by atoms with Crippen LogP contribution in [0.5, 0.6) is 0 Å². The summed E-state index contributed by atoms with van der Waals surface area (Å²) in [5, 5.41) is 1.97. The lowest BCUT2D eigenvalue weighted by atomic mass is 9.78. The van der Waals surface area contributed by atoms with Crippen LogP contribution in [0.1, 0.15) is 82.0 Å². The first-order valence-electron chi connectivity index (χ1n) is 13.9. The smallest absolute Gasteiger partial charge is 0.139 e. The minimum Gasteiger partial charge on any atom is -0.362 e. The van der Waals surface area contributed by atoms with Gasteiger partial charge >= 0.3 is 0 Å². The van der Waals surface area contributed by atoms with E-state index in [9.17, 15) is 0 Å². The Labute approximate surface area is 223 Å². The van der Waals surface area contributed by atoms with E-state index in [-0.39, 0.29) is 0 Å². The third-order valence-electron chi connectivity index (χ3n) is 7.72. The van der Waals surface area contributed by atoms with Crippen molar-refractivity contribution in [1.29, 1.82) is 0 Å². The minimum atomic E-state index is 0.839. The Balaban J connectivity index is 1.09. The molecule has 3 nitrogen and oxygen atoms in total. The molecule has 0 bridgehead atoms. The SMILES string of the molecule is CN(C)c1nc(CCCCC2CCC(CCCC/C=C/c3ccccc3Cl)CC2)nc2ccccc12. The van der Waals surface area contributed by atoms with E-state index in [0.717, 1.165) is 57.8 Å². The zero-order valence-electron chi connectivity index (χ0n) is 22.1. The number of aryl methyl sites for hydroxylation is 1. The third-order valence-corrected chi connectivity index (χ3v) is 8.06. The van der Waals surface area contributed by atoms with Crippen molar-refractivity contribution >= 4 is 34.4 Å². The maximum absolute atomic E-state index is 6.22. The summed E-state index contributed by atoms with van der Waals surface area (Å²) in [5.74, 6) is 3.90. The summed E-state index contributed by atoms with van der Waals surface area (Å²) in [4.78, 5) is 11.8. The molecule has 0 saturated heterocycles. The van der Waals surface area contributed by atoms with Crippen LogP contribution >= 0.6 is 11.6 Å². The molecule has 0 spiro atoms. The molecule has 1 fully saturated rings. The molecule has 0 unspecified atom stereocenters. The van der Waals surface area contributed by atoms with E-state index < -0.39 is 0 Å². The second-order valence-corrected chi connectivity index (χ2v) is 11.1. The van der Waals surface area contributed by atoms with Crippen molar-refractivity contribution in [3.8, 4) is 0 Å². The molecule has 3 aromatic rings. The molecule has 1 aliphatic carbocycles. The van der Waals surface area contributed by atoms with Gasteiger partial charge in [-0.1, -0.05) is 105 Å². The maximum atomic E-state index is 6.22. The summed E-state index contributed by atoms with van der Waals surface area (Å²) in [5.41, 5.74) is 2.18. The summed E-state index contributed by atoms with van der Waals surface area (Å²) in [6, 6.07) is 16.4. The molecule has 0 radical (unpaired) electrons. The van der Waals surface area contributed by atoms with Gasteiger partial charge in [0.2, 0.25) is 0 Å². The number of nitrogens with zero attached hydrogens (tertiary/aromatic N) is 3. The second kappa shape index (κ2) is 13.8. The van der Waals surface area contributed by atoms with E-state index in [2.05, 4.69) is 61.5 Å². The fraction of sp³-hybridized carbons (Fsp3) is 0.500. The molecular formula is C32H42ClN3. The van der Waals surface area contributed by atoms with E-state index in [0.29, 0.717) is 0 Å². The van der Waals surface area contributed by atoms with Crippen LogP contribution in [0.25, 0.3) is 17.0 Å². The predicted molar refractivity (Wildman–Crippen MR) is 156 cm³/mol. The van der Waals surface area contributed by atoms with Gasteiger partial charge in [0, 0.05) is 30.9 Å². The van der Waals surface area contributed by atoms with Crippen molar-refractivity contribution in [3.63, 3.8) is 0 Å². The highest BCUT2D eigenvalue weighted by Crippen LogP contribution is 2.34. The number of unbranched alkanes of at least 4 members (excludes halogenated alkanes) is 3. The van der Waals surface area contributed by atoms with Crippen LogP contribution in [-0.4, -0.2) is 24.1 Å². The van der Waals surface area contributed by atoms with Crippen molar-refractivity contribution in [3.05, 3.63) is 71.0 Å². The Bertz CT molecular complexity index is 1120.